The number of carboxylic acids is 1. The predicted molar refractivity (Wildman–Crippen MR) is 142 cm³/mol. The van der Waals surface area contributed by atoms with Crippen molar-refractivity contribution in [2.75, 3.05) is 32.8 Å². The molecule has 2 aromatic rings. The Morgan fingerprint density at radius 2 is 1.87 bits per heavy atom. The van der Waals surface area contributed by atoms with Crippen molar-refractivity contribution in [2.45, 2.75) is 38.0 Å². The van der Waals surface area contributed by atoms with E-state index in [1.807, 2.05) is 37.3 Å². The number of methoxy groups -OCH3 is 2. The first-order valence-corrected chi connectivity index (χ1v) is 12.5. The summed E-state index contributed by atoms with van der Waals surface area (Å²) in [5.41, 5.74) is 4.55. The van der Waals surface area contributed by atoms with Crippen molar-refractivity contribution >= 4 is 28.9 Å². The maximum Gasteiger partial charge on any atom is 0.326 e. The van der Waals surface area contributed by atoms with Gasteiger partial charge < -0.3 is 30.0 Å². The van der Waals surface area contributed by atoms with Gasteiger partial charge in [-0.15, -0.1) is 0 Å². The highest BCUT2D eigenvalue weighted by molar-refractivity contribution is 6.21. The minimum Gasteiger partial charge on any atom is -0.496 e. The molecule has 0 spiro atoms. The van der Waals surface area contributed by atoms with Crippen molar-refractivity contribution in [3.8, 4) is 0 Å². The molecule has 0 saturated heterocycles. The molecular formula is C29H32N2O7. The van der Waals surface area contributed by atoms with Gasteiger partial charge in [-0.1, -0.05) is 36.4 Å². The average molecular weight is 521 g/mol. The number of hydrogen-bond donors (Lipinski definition) is 3. The van der Waals surface area contributed by atoms with Crippen molar-refractivity contribution in [3.63, 3.8) is 0 Å². The van der Waals surface area contributed by atoms with E-state index in [-0.39, 0.29) is 18.3 Å². The molecule has 200 valence electrons. The zero-order valence-electron chi connectivity index (χ0n) is 21.7. The predicted octanol–water partition coefficient (Wildman–Crippen LogP) is 3.21. The molecule has 38 heavy (non-hydrogen) atoms. The van der Waals surface area contributed by atoms with Crippen LogP contribution >= 0.6 is 0 Å². The monoisotopic (exact) mass is 520 g/mol. The summed E-state index contributed by atoms with van der Waals surface area (Å²) in [6.07, 6.45) is 2.48. The molecule has 1 aliphatic carbocycles. The molecular weight excluding hydrogens is 488 g/mol. The van der Waals surface area contributed by atoms with Gasteiger partial charge in [0.15, 0.2) is 11.8 Å². The van der Waals surface area contributed by atoms with Gasteiger partial charge in [-0.2, -0.15) is 0 Å². The van der Waals surface area contributed by atoms with Crippen LogP contribution in [0.25, 0.3) is 5.57 Å². The molecule has 1 aliphatic heterocycles. The van der Waals surface area contributed by atoms with E-state index in [4.69, 9.17) is 14.2 Å². The number of aliphatic carboxylic acids is 1. The summed E-state index contributed by atoms with van der Waals surface area (Å²) in [5, 5.41) is 15.2. The summed E-state index contributed by atoms with van der Waals surface area (Å²) in [6, 6.07) is 11.9. The molecule has 0 radical (unpaired) electrons. The van der Waals surface area contributed by atoms with Gasteiger partial charge in [0.25, 0.3) is 5.91 Å². The first-order chi connectivity index (χ1) is 18.4. The Kier molecular flexibility index (Phi) is 8.60. The highest BCUT2D eigenvalue weighted by atomic mass is 16.5. The topological polar surface area (TPSA) is 123 Å². The van der Waals surface area contributed by atoms with Crippen molar-refractivity contribution < 1.29 is 33.7 Å². The van der Waals surface area contributed by atoms with Crippen molar-refractivity contribution in [1.82, 2.24) is 5.32 Å². The van der Waals surface area contributed by atoms with E-state index in [9.17, 15) is 19.5 Å². The summed E-state index contributed by atoms with van der Waals surface area (Å²) in [4.78, 5) is 37.4. The number of nitrogens with one attached hydrogen (secondary N) is 2. The van der Waals surface area contributed by atoms with E-state index in [1.165, 1.54) is 0 Å². The number of carboxylic acid groups (broad SMARTS) is 1. The first kappa shape index (κ1) is 27.1. The number of hydrogen-bond acceptors (Lipinski definition) is 7. The fraction of sp³-hybridized carbons (Fsp3) is 0.345. The van der Waals surface area contributed by atoms with Crippen LogP contribution in [0, 0.1) is 0 Å². The Hall–Kier alpha value is -3.95. The van der Waals surface area contributed by atoms with Gasteiger partial charge in [-0.3, -0.25) is 9.59 Å². The molecule has 2 unspecified atom stereocenters. The van der Waals surface area contributed by atoms with Crippen LogP contribution in [0.15, 0.2) is 65.9 Å². The van der Waals surface area contributed by atoms with Crippen molar-refractivity contribution in [2.24, 2.45) is 0 Å². The van der Waals surface area contributed by atoms with E-state index in [1.54, 1.807) is 38.5 Å². The van der Waals surface area contributed by atoms with Crippen LogP contribution in [0.3, 0.4) is 0 Å². The Labute approximate surface area is 221 Å². The zero-order valence-corrected chi connectivity index (χ0v) is 21.7. The third-order valence-electron chi connectivity index (χ3n) is 6.70. The smallest absolute Gasteiger partial charge is 0.326 e. The van der Waals surface area contributed by atoms with E-state index in [0.717, 1.165) is 16.7 Å². The second-order valence-corrected chi connectivity index (χ2v) is 9.14. The summed E-state index contributed by atoms with van der Waals surface area (Å²) in [6.45, 7) is 3.07. The maximum atomic E-state index is 12.8. The number of Topliss-reactive ketones (excluding diaryl/α,β-unsaturated/α-hetero) is 1. The van der Waals surface area contributed by atoms with E-state index >= 15 is 0 Å². The number of ketones is 1. The number of carbonyl (C=O) groups is 3. The lowest BCUT2D eigenvalue weighted by atomic mass is 9.88. The number of fused-ring (bicyclic) bond motifs is 1. The van der Waals surface area contributed by atoms with Crippen LogP contribution in [0.1, 0.15) is 34.8 Å². The molecule has 3 N–H and O–H groups in total. The Balaban J connectivity index is 1.48. The third kappa shape index (κ3) is 5.79. The van der Waals surface area contributed by atoms with Crippen LogP contribution in [0.4, 0.5) is 5.69 Å². The van der Waals surface area contributed by atoms with Crippen LogP contribution in [0.5, 0.6) is 0 Å². The van der Waals surface area contributed by atoms with Gasteiger partial charge in [0, 0.05) is 43.4 Å². The van der Waals surface area contributed by atoms with E-state index < -0.39 is 24.0 Å². The molecule has 0 fully saturated rings. The van der Waals surface area contributed by atoms with Crippen LogP contribution in [0.2, 0.25) is 0 Å². The number of benzene rings is 2. The summed E-state index contributed by atoms with van der Waals surface area (Å²) < 4.78 is 17.0. The summed E-state index contributed by atoms with van der Waals surface area (Å²) in [7, 11) is 3.26. The Morgan fingerprint density at radius 1 is 1.13 bits per heavy atom. The number of amides is 1. The Morgan fingerprint density at radius 3 is 2.50 bits per heavy atom. The Bertz CT molecular complexity index is 1270. The molecule has 1 amide bonds. The number of rotatable bonds is 11. The number of carbonyl (C=O) groups excluding carboxylic acids is 2. The minimum absolute atomic E-state index is 0.0531. The third-order valence-corrected chi connectivity index (χ3v) is 6.70. The number of ether oxygens (including phenoxy) is 3. The lowest BCUT2D eigenvalue weighted by Crippen LogP contribution is -2.49. The fourth-order valence-electron chi connectivity index (χ4n) is 4.75. The molecule has 9 heteroatoms. The highest BCUT2D eigenvalue weighted by Gasteiger charge is 2.37. The number of allylic oxidation sites excluding steroid dienone is 1. The molecule has 0 bridgehead atoms. The summed E-state index contributed by atoms with van der Waals surface area (Å²) >= 11 is 0. The summed E-state index contributed by atoms with van der Waals surface area (Å²) in [5.74, 6) is -1.55. The SMILES string of the molecule is CCOCC1=CC(OC)=C(c2ccc(C[C@H](NC(=O)C3Nc4ccccc4C3=O)C(=O)O)cc2)C(OC)C1. The van der Waals surface area contributed by atoms with Gasteiger partial charge in [0.2, 0.25) is 0 Å². The molecule has 3 atom stereocenters. The highest BCUT2D eigenvalue weighted by Crippen LogP contribution is 2.34. The van der Waals surface area contributed by atoms with E-state index in [2.05, 4.69) is 10.6 Å². The molecule has 9 nitrogen and oxygen atoms in total. The minimum atomic E-state index is -1.20. The number of anilines is 1. The average Bonchev–Trinajstić information content (AvgIpc) is 3.27. The van der Waals surface area contributed by atoms with Gasteiger partial charge >= 0.3 is 5.97 Å². The van der Waals surface area contributed by atoms with Crippen molar-refractivity contribution in [1.29, 1.82) is 0 Å². The number of para-hydroxylation sites is 1. The quantitative estimate of drug-likeness (QED) is 0.386. The lowest BCUT2D eigenvalue weighted by molar-refractivity contribution is -0.141. The van der Waals surface area contributed by atoms with Crippen molar-refractivity contribution in [3.05, 3.63) is 82.6 Å². The molecule has 0 saturated carbocycles. The molecule has 2 aliphatic rings. The molecule has 2 aromatic carbocycles. The normalized spacial score (nSPS) is 19.3. The van der Waals surface area contributed by atoms with Crippen LogP contribution < -0.4 is 10.6 Å². The first-order valence-electron chi connectivity index (χ1n) is 12.5. The zero-order chi connectivity index (χ0) is 27.2. The fourth-order valence-corrected chi connectivity index (χ4v) is 4.75. The van der Waals surface area contributed by atoms with Gasteiger partial charge in [0.1, 0.15) is 11.8 Å². The molecule has 4 rings (SSSR count). The lowest BCUT2D eigenvalue weighted by Gasteiger charge is -2.27. The van der Waals surface area contributed by atoms with Crippen LogP contribution in [-0.4, -0.2) is 68.4 Å². The van der Waals surface area contributed by atoms with Gasteiger partial charge in [-0.05, 0) is 41.8 Å². The van der Waals surface area contributed by atoms with Gasteiger partial charge in [-0.25, -0.2) is 4.79 Å². The second kappa shape index (κ2) is 12.1. The standard InChI is InChI=1S/C29H32N2O7/c1-4-38-16-18-14-23(36-2)25(24(15-18)37-3)19-11-9-17(10-12-19)13-22(29(34)35)31-28(33)26-27(32)20-7-5-6-8-21(20)30-26/h5-12,14,22,24,26,30H,4,13,15-16H2,1-3H3,(H,31,33)(H,34,35)/t22-,24?,26?/m0/s1. The van der Waals surface area contributed by atoms with Crippen LogP contribution in [-0.2, 0) is 30.2 Å². The van der Waals surface area contributed by atoms with E-state index in [0.29, 0.717) is 42.2 Å². The maximum absolute atomic E-state index is 12.8. The largest absolute Gasteiger partial charge is 0.496 e. The molecule has 0 aromatic heterocycles. The van der Waals surface area contributed by atoms with Gasteiger partial charge in [0.05, 0.1) is 19.8 Å². The second-order valence-electron chi connectivity index (χ2n) is 9.14. The molecule has 1 heterocycles.